The van der Waals surface area contributed by atoms with Crippen molar-refractivity contribution in [2.45, 2.75) is 25.3 Å². The van der Waals surface area contributed by atoms with Crippen LogP contribution in [-0.4, -0.2) is 12.1 Å². The maximum Gasteiger partial charge on any atom is 0.173 e. The fourth-order valence-electron chi connectivity index (χ4n) is 1.28. The highest BCUT2D eigenvalue weighted by molar-refractivity contribution is 6.32. The molecule has 0 aliphatic heterocycles. The minimum absolute atomic E-state index is 0.119. The summed E-state index contributed by atoms with van der Waals surface area (Å²) in [6, 6.07) is 2.98. The van der Waals surface area contributed by atoms with Crippen molar-refractivity contribution in [1.29, 1.82) is 0 Å². The quantitative estimate of drug-likeness (QED) is 0.865. The third kappa shape index (κ3) is 2.24. The van der Waals surface area contributed by atoms with Crippen LogP contribution in [0.5, 0.6) is 5.75 Å². The van der Waals surface area contributed by atoms with Gasteiger partial charge in [-0.25, -0.2) is 4.39 Å². The molecule has 0 bridgehead atoms. The number of aryl methyl sites for hydroxylation is 1. The Morgan fingerprint density at radius 3 is 2.80 bits per heavy atom. The van der Waals surface area contributed by atoms with Gasteiger partial charge in [0.2, 0.25) is 0 Å². The van der Waals surface area contributed by atoms with Crippen molar-refractivity contribution in [3.05, 3.63) is 28.5 Å². The number of halogens is 2. The van der Waals surface area contributed by atoms with Gasteiger partial charge in [0.05, 0.1) is 10.6 Å². The molecule has 0 radical (unpaired) electrons. The minimum atomic E-state index is -0.435. The second kappa shape index (κ2) is 3.65. The standard InChI is InChI=1S/C11H13ClFNO/c1-7-2-3-8(13)10(9(7)12)15-6-11(14)4-5-11/h2-3H,4-6,14H2,1H3. The first-order chi connectivity index (χ1) is 7.02. The molecule has 0 atom stereocenters. The van der Waals surface area contributed by atoms with E-state index in [4.69, 9.17) is 22.1 Å². The zero-order valence-electron chi connectivity index (χ0n) is 8.52. The van der Waals surface area contributed by atoms with E-state index in [1.54, 1.807) is 6.07 Å². The summed E-state index contributed by atoms with van der Waals surface area (Å²) in [6.45, 7) is 2.14. The topological polar surface area (TPSA) is 35.2 Å². The summed E-state index contributed by atoms with van der Waals surface area (Å²) in [5.74, 6) is -0.316. The number of benzene rings is 1. The number of rotatable bonds is 3. The Hall–Kier alpha value is -0.800. The molecule has 1 saturated carbocycles. The highest BCUT2D eigenvalue weighted by Crippen LogP contribution is 2.36. The van der Waals surface area contributed by atoms with Gasteiger partial charge in [-0.3, -0.25) is 0 Å². The van der Waals surface area contributed by atoms with Gasteiger partial charge >= 0.3 is 0 Å². The molecule has 0 heterocycles. The number of hydrogen-bond acceptors (Lipinski definition) is 2. The van der Waals surface area contributed by atoms with Crippen molar-refractivity contribution in [2.24, 2.45) is 5.73 Å². The molecule has 0 aromatic heterocycles. The zero-order chi connectivity index (χ0) is 11.1. The Labute approximate surface area is 93.2 Å². The summed E-state index contributed by atoms with van der Waals surface area (Å²) in [4.78, 5) is 0. The second-order valence-corrected chi connectivity index (χ2v) is 4.54. The second-order valence-electron chi connectivity index (χ2n) is 4.16. The summed E-state index contributed by atoms with van der Waals surface area (Å²) in [6.07, 6.45) is 1.86. The molecule has 4 heteroatoms. The van der Waals surface area contributed by atoms with Crippen LogP contribution in [0.25, 0.3) is 0 Å². The molecule has 0 saturated heterocycles. The lowest BCUT2D eigenvalue weighted by molar-refractivity contribution is 0.267. The van der Waals surface area contributed by atoms with Crippen LogP contribution in [0.15, 0.2) is 12.1 Å². The van der Waals surface area contributed by atoms with E-state index >= 15 is 0 Å². The van der Waals surface area contributed by atoms with Crippen LogP contribution >= 0.6 is 11.6 Å². The fourth-order valence-corrected chi connectivity index (χ4v) is 1.49. The molecule has 1 aromatic carbocycles. The van der Waals surface area contributed by atoms with Gasteiger partial charge in [-0.2, -0.15) is 0 Å². The first-order valence-corrected chi connectivity index (χ1v) is 5.26. The van der Waals surface area contributed by atoms with Crippen molar-refractivity contribution < 1.29 is 9.13 Å². The monoisotopic (exact) mass is 229 g/mol. The van der Waals surface area contributed by atoms with Crippen molar-refractivity contribution in [3.63, 3.8) is 0 Å². The van der Waals surface area contributed by atoms with Gasteiger partial charge in [0.1, 0.15) is 6.61 Å². The van der Waals surface area contributed by atoms with Crippen LogP contribution in [0, 0.1) is 12.7 Å². The predicted octanol–water partition coefficient (Wildman–Crippen LogP) is 2.66. The molecule has 0 unspecified atom stereocenters. The maximum absolute atomic E-state index is 13.4. The van der Waals surface area contributed by atoms with E-state index in [-0.39, 0.29) is 11.3 Å². The van der Waals surface area contributed by atoms with Crippen molar-refractivity contribution >= 4 is 11.6 Å². The van der Waals surface area contributed by atoms with Gasteiger partial charge in [0.25, 0.3) is 0 Å². The molecule has 2 N–H and O–H groups in total. The third-order valence-electron chi connectivity index (χ3n) is 2.64. The first kappa shape index (κ1) is 10.7. The molecule has 0 spiro atoms. The largest absolute Gasteiger partial charge is 0.487 e. The maximum atomic E-state index is 13.4. The molecule has 82 valence electrons. The molecule has 1 aliphatic carbocycles. The van der Waals surface area contributed by atoms with Crippen LogP contribution in [-0.2, 0) is 0 Å². The molecule has 15 heavy (non-hydrogen) atoms. The summed E-state index contributed by atoms with van der Waals surface area (Å²) < 4.78 is 18.7. The smallest absolute Gasteiger partial charge is 0.173 e. The number of nitrogens with two attached hydrogens (primary N) is 1. The van der Waals surface area contributed by atoms with E-state index in [2.05, 4.69) is 0 Å². The van der Waals surface area contributed by atoms with Crippen LogP contribution in [0.2, 0.25) is 5.02 Å². The molecule has 2 nitrogen and oxygen atoms in total. The average Bonchev–Trinajstić information content (AvgIpc) is 2.91. The lowest BCUT2D eigenvalue weighted by atomic mass is 10.2. The van der Waals surface area contributed by atoms with Crippen LogP contribution in [0.1, 0.15) is 18.4 Å². The highest BCUT2D eigenvalue weighted by atomic mass is 35.5. The van der Waals surface area contributed by atoms with Crippen LogP contribution in [0.4, 0.5) is 4.39 Å². The average molecular weight is 230 g/mol. The molecule has 1 aromatic rings. The van der Waals surface area contributed by atoms with Gasteiger partial charge in [0.15, 0.2) is 11.6 Å². The highest BCUT2D eigenvalue weighted by Gasteiger charge is 2.39. The first-order valence-electron chi connectivity index (χ1n) is 4.88. The lowest BCUT2D eigenvalue weighted by Gasteiger charge is -2.13. The predicted molar refractivity (Wildman–Crippen MR) is 57.8 cm³/mol. The van der Waals surface area contributed by atoms with E-state index in [0.717, 1.165) is 18.4 Å². The Balaban J connectivity index is 2.16. The minimum Gasteiger partial charge on any atom is -0.487 e. The van der Waals surface area contributed by atoms with Gasteiger partial charge in [-0.15, -0.1) is 0 Å². The normalized spacial score (nSPS) is 17.6. The lowest BCUT2D eigenvalue weighted by Crippen LogP contribution is -2.30. The Bertz CT molecular complexity index is 390. The third-order valence-corrected chi connectivity index (χ3v) is 3.11. The van der Waals surface area contributed by atoms with Gasteiger partial charge in [-0.1, -0.05) is 17.7 Å². The molecule has 2 rings (SSSR count). The van der Waals surface area contributed by atoms with Crippen molar-refractivity contribution in [3.8, 4) is 5.75 Å². The summed E-state index contributed by atoms with van der Waals surface area (Å²) in [5, 5.41) is 0.333. The molecule has 0 amide bonds. The van der Waals surface area contributed by atoms with E-state index in [0.29, 0.717) is 11.6 Å². The molecule has 1 fully saturated rings. The van der Waals surface area contributed by atoms with E-state index in [9.17, 15) is 4.39 Å². The summed E-state index contributed by atoms with van der Waals surface area (Å²) in [7, 11) is 0. The van der Waals surface area contributed by atoms with Crippen molar-refractivity contribution in [2.75, 3.05) is 6.61 Å². The zero-order valence-corrected chi connectivity index (χ0v) is 9.27. The Morgan fingerprint density at radius 2 is 2.20 bits per heavy atom. The molecular formula is C11H13ClFNO. The van der Waals surface area contributed by atoms with E-state index < -0.39 is 5.82 Å². The van der Waals surface area contributed by atoms with Gasteiger partial charge < -0.3 is 10.5 Å². The Morgan fingerprint density at radius 1 is 1.53 bits per heavy atom. The summed E-state index contributed by atoms with van der Waals surface area (Å²) in [5.41, 5.74) is 6.38. The molecule has 1 aliphatic rings. The Kier molecular flexibility index (Phi) is 2.61. The van der Waals surface area contributed by atoms with Gasteiger partial charge in [0, 0.05) is 0 Å². The number of ether oxygens (including phenoxy) is 1. The SMILES string of the molecule is Cc1ccc(F)c(OCC2(N)CC2)c1Cl. The number of hydrogen-bond donors (Lipinski definition) is 1. The van der Waals surface area contributed by atoms with Crippen LogP contribution < -0.4 is 10.5 Å². The van der Waals surface area contributed by atoms with E-state index in [1.807, 2.05) is 6.92 Å². The summed E-state index contributed by atoms with van der Waals surface area (Å²) >= 11 is 5.94. The van der Waals surface area contributed by atoms with E-state index in [1.165, 1.54) is 6.07 Å². The van der Waals surface area contributed by atoms with Gasteiger partial charge in [-0.05, 0) is 31.4 Å². The van der Waals surface area contributed by atoms with Crippen molar-refractivity contribution in [1.82, 2.24) is 0 Å². The fraction of sp³-hybridized carbons (Fsp3) is 0.455. The molecular weight excluding hydrogens is 217 g/mol. The van der Waals surface area contributed by atoms with Crippen LogP contribution in [0.3, 0.4) is 0 Å².